The molecule has 6 heterocycles. The number of hydrogen-bond acceptors (Lipinski definition) is 8. The molecule has 0 aliphatic carbocycles. The summed E-state index contributed by atoms with van der Waals surface area (Å²) in [5, 5.41) is 10.7. The molecular formula is C45H55BrCl2N8O2S. The first-order valence-corrected chi connectivity index (χ1v) is 20.3. The third kappa shape index (κ3) is 12.5. The molecule has 7 N–H and O–H groups in total. The van der Waals surface area contributed by atoms with Gasteiger partial charge in [0.1, 0.15) is 5.04 Å². The number of hydrogen-bond donors (Lipinski definition) is 5. The van der Waals surface area contributed by atoms with E-state index < -0.39 is 0 Å². The van der Waals surface area contributed by atoms with E-state index in [0.29, 0.717) is 34.5 Å². The number of nitrogens with zero attached hydrogens (tertiary/aromatic N) is 3. The van der Waals surface area contributed by atoms with Crippen LogP contribution in [0.1, 0.15) is 53.9 Å². The average molecular weight is 923 g/mol. The fraction of sp³-hybridized carbons (Fsp3) is 0.289. The zero-order valence-electron chi connectivity index (χ0n) is 33.4. The van der Waals surface area contributed by atoms with Crippen LogP contribution in [0.4, 0.5) is 11.4 Å². The fourth-order valence-electron chi connectivity index (χ4n) is 7.58. The zero-order valence-corrected chi connectivity index (χ0v) is 37.6. The molecule has 59 heavy (non-hydrogen) atoms. The van der Waals surface area contributed by atoms with Crippen LogP contribution < -0.4 is 11.5 Å². The van der Waals surface area contributed by atoms with Crippen LogP contribution in [-0.4, -0.2) is 69.9 Å². The molecule has 4 aromatic heterocycles. The molecule has 14 heteroatoms. The van der Waals surface area contributed by atoms with Gasteiger partial charge in [-0.3, -0.25) is 5.41 Å². The Hall–Kier alpha value is -4.43. The van der Waals surface area contributed by atoms with E-state index in [0.717, 1.165) is 35.5 Å². The average Bonchev–Trinajstić information content (AvgIpc) is 4.08. The number of fused-ring (bicyclic) bond motifs is 2. The molecule has 2 aliphatic rings. The number of nitrogen functional groups attached to an aromatic ring is 1. The van der Waals surface area contributed by atoms with Crippen molar-refractivity contribution >= 4 is 97.6 Å². The van der Waals surface area contributed by atoms with Crippen LogP contribution in [0.5, 0.6) is 0 Å². The maximum Gasteiger partial charge on any atom is 0.168 e. The molecule has 10 nitrogen and oxygen atoms in total. The lowest BCUT2D eigenvalue weighted by Gasteiger charge is -2.18. The molecule has 0 amide bonds. The van der Waals surface area contributed by atoms with Crippen LogP contribution in [0.2, 0.25) is 0 Å². The van der Waals surface area contributed by atoms with Gasteiger partial charge < -0.3 is 40.1 Å². The molecule has 2 atom stereocenters. The van der Waals surface area contributed by atoms with Crippen molar-refractivity contribution in [1.29, 1.82) is 5.41 Å². The van der Waals surface area contributed by atoms with Gasteiger partial charge in [0.15, 0.2) is 17.4 Å². The number of benzene rings is 3. The van der Waals surface area contributed by atoms with Gasteiger partial charge in [0.2, 0.25) is 0 Å². The predicted molar refractivity (Wildman–Crippen MR) is 257 cm³/mol. The number of likely N-dealkylation sites (tertiary alicyclic amines) is 2. The normalized spacial score (nSPS) is 16.6. The third-order valence-corrected chi connectivity index (χ3v) is 11.8. The highest BCUT2D eigenvalue weighted by molar-refractivity contribution is 8.93. The molecule has 314 valence electrons. The lowest BCUT2D eigenvalue weighted by atomic mass is 10.0. The first kappa shape index (κ1) is 47.3. The second kappa shape index (κ2) is 22.8. The van der Waals surface area contributed by atoms with Gasteiger partial charge in [-0.1, -0.05) is 42.1 Å². The second-order valence-electron chi connectivity index (χ2n) is 14.7. The Morgan fingerprint density at radius 2 is 1.32 bits per heavy atom. The van der Waals surface area contributed by atoms with Crippen LogP contribution in [0.15, 0.2) is 130 Å². The van der Waals surface area contributed by atoms with E-state index in [1.54, 1.807) is 24.7 Å². The van der Waals surface area contributed by atoms with Gasteiger partial charge in [0.25, 0.3) is 0 Å². The molecule has 0 spiro atoms. The Bertz CT molecular complexity index is 2350. The minimum absolute atomic E-state index is 0. The van der Waals surface area contributed by atoms with Crippen molar-refractivity contribution in [3.63, 3.8) is 0 Å². The van der Waals surface area contributed by atoms with Crippen molar-refractivity contribution in [1.82, 2.24) is 19.8 Å². The first-order valence-electron chi connectivity index (χ1n) is 19.3. The molecule has 0 saturated carbocycles. The Balaban J connectivity index is 0.000000197. The van der Waals surface area contributed by atoms with Crippen molar-refractivity contribution in [3.05, 3.63) is 144 Å². The standard InChI is InChI=1S/C19H22N4O.C14H19N3.C12H11NOS.BrH.2ClH/c1-23-8-2-4-15(23)10-13-12-21-17-7-6-14(11-16(13)17)22-19(20)18-5-3-9-24-18;1-17-6-2-3-12(17)7-10-9-16-14-5-4-11(15)8-13(10)14;13-12(11-7-4-8-14-11)15-9-10-5-2-1-3-6-10;;;/h3,5-7,9,11-12,15,21H,2,4,8,10H2,1H3,(H2,20,22);4-5,8-9,12,16H,2-3,6-7,15H2,1H3;1-8,13H,9H2;3*1H/t15-;12-;;;;/m00..../s1. The van der Waals surface area contributed by atoms with Crippen molar-refractivity contribution < 1.29 is 8.83 Å². The van der Waals surface area contributed by atoms with Crippen molar-refractivity contribution in [2.75, 3.05) is 32.9 Å². The smallest absolute Gasteiger partial charge is 0.168 e. The van der Waals surface area contributed by atoms with Gasteiger partial charge in [-0.05, 0) is 143 Å². The Morgan fingerprint density at radius 1 is 0.763 bits per heavy atom. The molecule has 9 rings (SSSR count). The largest absolute Gasteiger partial charge is 0.462 e. The number of H-pyrrole nitrogens is 2. The summed E-state index contributed by atoms with van der Waals surface area (Å²) in [5.74, 6) is 2.43. The molecule has 0 bridgehead atoms. The van der Waals surface area contributed by atoms with E-state index in [4.69, 9.17) is 25.7 Å². The highest BCUT2D eigenvalue weighted by atomic mass is 79.9. The number of aromatic amines is 2. The quantitative estimate of drug-likeness (QED) is 0.0549. The van der Waals surface area contributed by atoms with Crippen LogP contribution in [0.3, 0.4) is 0 Å². The zero-order chi connectivity index (χ0) is 38.9. The minimum Gasteiger partial charge on any atom is -0.462 e. The number of halogens is 3. The Kier molecular flexibility index (Phi) is 18.3. The minimum atomic E-state index is 0. The maximum atomic E-state index is 7.76. The van der Waals surface area contributed by atoms with E-state index in [1.165, 1.54) is 83.5 Å². The number of furan rings is 2. The van der Waals surface area contributed by atoms with Crippen molar-refractivity contribution in [2.45, 2.75) is 56.4 Å². The molecular weight excluding hydrogens is 867 g/mol. The summed E-state index contributed by atoms with van der Waals surface area (Å²) in [6, 6.07) is 30.9. The molecule has 2 saturated heterocycles. The number of thioether (sulfide) groups is 1. The monoisotopic (exact) mass is 920 g/mol. The van der Waals surface area contributed by atoms with E-state index in [1.807, 2.05) is 42.5 Å². The summed E-state index contributed by atoms with van der Waals surface area (Å²) in [6.07, 6.45) is 14.8. The molecule has 2 fully saturated rings. The second-order valence-corrected chi connectivity index (χ2v) is 15.7. The van der Waals surface area contributed by atoms with Crippen molar-refractivity contribution in [3.8, 4) is 0 Å². The van der Waals surface area contributed by atoms with E-state index >= 15 is 0 Å². The molecule has 3 aromatic carbocycles. The number of aromatic nitrogens is 2. The number of nitrogens with one attached hydrogen (secondary N) is 3. The van der Waals surface area contributed by atoms with Crippen LogP contribution in [0.25, 0.3) is 21.8 Å². The SMILES string of the molecule is Br.CN1CCC[C@H]1Cc1c[nH]c2ccc(N)cc12.CN1CCC[C@H]1Cc1c[nH]c2ccc(N=C(N)c3ccco3)cc12.Cl.Cl.N=C(SCc1ccccc1)c1ccco1. The third-order valence-electron chi connectivity index (χ3n) is 10.8. The molecule has 2 aliphatic heterocycles. The summed E-state index contributed by atoms with van der Waals surface area (Å²) in [4.78, 5) is 16.1. The molecule has 0 unspecified atom stereocenters. The molecule has 7 aromatic rings. The number of anilines is 1. The Morgan fingerprint density at radius 3 is 1.86 bits per heavy atom. The Labute approximate surface area is 373 Å². The lowest BCUT2D eigenvalue weighted by molar-refractivity contribution is 0.310. The topological polar surface area (TPSA) is 153 Å². The number of rotatable bonds is 9. The highest BCUT2D eigenvalue weighted by Gasteiger charge is 2.23. The molecule has 0 radical (unpaired) electrons. The summed E-state index contributed by atoms with van der Waals surface area (Å²) < 4.78 is 10.4. The van der Waals surface area contributed by atoms with E-state index in [-0.39, 0.29) is 41.8 Å². The number of aliphatic imine (C=N–C) groups is 1. The number of amidine groups is 1. The fourth-order valence-corrected chi connectivity index (χ4v) is 8.34. The van der Waals surface area contributed by atoms with E-state index in [9.17, 15) is 0 Å². The van der Waals surface area contributed by atoms with Gasteiger partial charge >= 0.3 is 0 Å². The lowest BCUT2D eigenvalue weighted by Crippen LogP contribution is -2.26. The van der Waals surface area contributed by atoms with Gasteiger partial charge in [-0.15, -0.1) is 41.8 Å². The summed E-state index contributed by atoms with van der Waals surface area (Å²) in [5.41, 5.74) is 19.9. The van der Waals surface area contributed by atoms with Crippen LogP contribution >= 0.6 is 53.6 Å². The van der Waals surface area contributed by atoms with Gasteiger partial charge in [0.05, 0.1) is 18.2 Å². The van der Waals surface area contributed by atoms with Gasteiger partial charge in [-0.2, -0.15) is 0 Å². The summed E-state index contributed by atoms with van der Waals surface area (Å²) >= 11 is 1.48. The van der Waals surface area contributed by atoms with Crippen LogP contribution in [0, 0.1) is 5.41 Å². The van der Waals surface area contributed by atoms with Crippen LogP contribution in [-0.2, 0) is 18.6 Å². The number of nitrogens with two attached hydrogens (primary N) is 2. The van der Waals surface area contributed by atoms with Crippen molar-refractivity contribution in [2.24, 2.45) is 10.7 Å². The predicted octanol–water partition coefficient (Wildman–Crippen LogP) is 10.8. The van der Waals surface area contributed by atoms with E-state index in [2.05, 4.69) is 87.6 Å². The highest BCUT2D eigenvalue weighted by Crippen LogP contribution is 2.29. The van der Waals surface area contributed by atoms with Gasteiger partial charge in [-0.25, -0.2) is 4.99 Å². The summed E-state index contributed by atoms with van der Waals surface area (Å²) in [6.45, 7) is 2.43. The van der Waals surface area contributed by atoms with Gasteiger partial charge in [0, 0.05) is 57.7 Å². The number of likely N-dealkylation sites (N-methyl/N-ethyl adjacent to an activating group) is 2. The first-order chi connectivity index (χ1) is 27.3. The summed E-state index contributed by atoms with van der Waals surface area (Å²) in [7, 11) is 4.44. The maximum absolute atomic E-state index is 7.76.